The molecule has 1 heterocycles. The van der Waals surface area contributed by atoms with Crippen LogP contribution in [0.1, 0.15) is 30.0 Å². The summed E-state index contributed by atoms with van der Waals surface area (Å²) < 4.78 is 0. The number of aryl methyl sites for hydroxylation is 1. The van der Waals surface area contributed by atoms with Gasteiger partial charge in [-0.15, -0.1) is 11.3 Å². The Hall–Kier alpha value is -0.380. The lowest BCUT2D eigenvalue weighted by molar-refractivity contribution is 0.0711. The number of hydrogen-bond acceptors (Lipinski definition) is 3. The summed E-state index contributed by atoms with van der Waals surface area (Å²) in [4.78, 5) is 2.71. The third-order valence-electron chi connectivity index (χ3n) is 2.01. The highest BCUT2D eigenvalue weighted by atomic mass is 32.1. The van der Waals surface area contributed by atoms with Crippen LogP contribution >= 0.6 is 11.3 Å². The van der Waals surface area contributed by atoms with Crippen LogP contribution in [0.15, 0.2) is 12.1 Å². The Morgan fingerprint density at radius 2 is 2.14 bits per heavy atom. The minimum atomic E-state index is -0.557. The summed E-state index contributed by atoms with van der Waals surface area (Å²) in [5, 5.41) is 12.8. The average Bonchev–Trinajstić information content (AvgIpc) is 2.44. The first-order chi connectivity index (χ1) is 6.47. The van der Waals surface area contributed by atoms with E-state index in [1.54, 1.807) is 0 Å². The third kappa shape index (κ3) is 4.74. The third-order valence-corrected chi connectivity index (χ3v) is 3.01. The maximum absolute atomic E-state index is 9.48. The van der Waals surface area contributed by atoms with Crippen LogP contribution in [0.3, 0.4) is 0 Å². The van der Waals surface area contributed by atoms with E-state index in [9.17, 15) is 5.11 Å². The van der Waals surface area contributed by atoms with Crippen LogP contribution < -0.4 is 5.32 Å². The number of thiophene rings is 1. The molecule has 0 atom stereocenters. The molecule has 1 aromatic rings. The molecule has 0 aromatic carbocycles. The number of nitrogens with one attached hydrogen (secondary N) is 1. The van der Waals surface area contributed by atoms with Gasteiger partial charge in [0.05, 0.1) is 5.60 Å². The standard InChI is InChI=1S/C11H19NOS/c1-9-4-5-10(14-9)8-12-7-6-11(2,3)13/h4-5,12-13H,6-8H2,1-3H3. The molecule has 1 aromatic heterocycles. The average molecular weight is 213 g/mol. The van der Waals surface area contributed by atoms with Crippen molar-refractivity contribution in [3.05, 3.63) is 21.9 Å². The van der Waals surface area contributed by atoms with Gasteiger partial charge in [-0.1, -0.05) is 0 Å². The zero-order chi connectivity index (χ0) is 10.6. The molecule has 0 bridgehead atoms. The smallest absolute Gasteiger partial charge is 0.0603 e. The first-order valence-corrected chi connectivity index (χ1v) is 5.77. The summed E-state index contributed by atoms with van der Waals surface area (Å²) in [6.45, 7) is 7.56. The van der Waals surface area contributed by atoms with E-state index >= 15 is 0 Å². The normalized spacial score (nSPS) is 12.0. The molecule has 2 N–H and O–H groups in total. The first-order valence-electron chi connectivity index (χ1n) is 4.96. The SMILES string of the molecule is Cc1ccc(CNCCC(C)(C)O)s1. The van der Waals surface area contributed by atoms with Crippen LogP contribution in [0.25, 0.3) is 0 Å². The Labute approximate surface area is 90.0 Å². The van der Waals surface area contributed by atoms with Gasteiger partial charge in [0.15, 0.2) is 0 Å². The van der Waals surface area contributed by atoms with Crippen LogP contribution in [0.2, 0.25) is 0 Å². The number of rotatable bonds is 5. The first kappa shape index (κ1) is 11.7. The van der Waals surface area contributed by atoms with E-state index in [2.05, 4.69) is 24.4 Å². The van der Waals surface area contributed by atoms with Crippen molar-refractivity contribution in [1.29, 1.82) is 0 Å². The highest BCUT2D eigenvalue weighted by molar-refractivity contribution is 7.11. The van der Waals surface area contributed by atoms with Gasteiger partial charge in [-0.2, -0.15) is 0 Å². The Morgan fingerprint density at radius 3 is 2.64 bits per heavy atom. The van der Waals surface area contributed by atoms with E-state index < -0.39 is 5.60 Å². The van der Waals surface area contributed by atoms with Gasteiger partial charge in [0, 0.05) is 16.3 Å². The molecule has 0 fully saturated rings. The zero-order valence-electron chi connectivity index (χ0n) is 9.13. The van der Waals surface area contributed by atoms with E-state index in [0.717, 1.165) is 19.5 Å². The lowest BCUT2D eigenvalue weighted by atomic mass is 10.1. The highest BCUT2D eigenvalue weighted by Gasteiger charge is 2.10. The van der Waals surface area contributed by atoms with Crippen LogP contribution in [-0.2, 0) is 6.54 Å². The predicted molar refractivity (Wildman–Crippen MR) is 61.7 cm³/mol. The molecule has 0 radical (unpaired) electrons. The maximum Gasteiger partial charge on any atom is 0.0603 e. The molecule has 0 unspecified atom stereocenters. The van der Waals surface area contributed by atoms with Gasteiger partial charge in [0.1, 0.15) is 0 Å². The van der Waals surface area contributed by atoms with Gasteiger partial charge >= 0.3 is 0 Å². The summed E-state index contributed by atoms with van der Waals surface area (Å²) in [7, 11) is 0. The van der Waals surface area contributed by atoms with Crippen molar-refractivity contribution in [3.8, 4) is 0 Å². The molecule has 3 heteroatoms. The van der Waals surface area contributed by atoms with Gasteiger partial charge in [0.25, 0.3) is 0 Å². The quantitative estimate of drug-likeness (QED) is 0.736. The van der Waals surface area contributed by atoms with E-state index in [0.29, 0.717) is 0 Å². The van der Waals surface area contributed by atoms with Crippen molar-refractivity contribution in [2.75, 3.05) is 6.54 Å². The van der Waals surface area contributed by atoms with Gasteiger partial charge in [0.2, 0.25) is 0 Å². The molecule has 2 nitrogen and oxygen atoms in total. The molecular formula is C11H19NOS. The van der Waals surface area contributed by atoms with Crippen molar-refractivity contribution in [1.82, 2.24) is 5.32 Å². The second kappa shape index (κ2) is 4.91. The molecule has 0 aliphatic heterocycles. The van der Waals surface area contributed by atoms with E-state index in [-0.39, 0.29) is 0 Å². The summed E-state index contributed by atoms with van der Waals surface area (Å²) >= 11 is 1.82. The molecule has 80 valence electrons. The molecule has 0 amide bonds. The summed E-state index contributed by atoms with van der Waals surface area (Å²) in [5.41, 5.74) is -0.557. The fourth-order valence-electron chi connectivity index (χ4n) is 1.19. The Morgan fingerprint density at radius 1 is 1.43 bits per heavy atom. The Kier molecular flexibility index (Phi) is 4.11. The molecular weight excluding hydrogens is 194 g/mol. The Balaban J connectivity index is 2.16. The van der Waals surface area contributed by atoms with Crippen molar-refractivity contribution < 1.29 is 5.11 Å². The van der Waals surface area contributed by atoms with E-state index in [1.165, 1.54) is 9.75 Å². The summed E-state index contributed by atoms with van der Waals surface area (Å²) in [6.07, 6.45) is 0.789. The maximum atomic E-state index is 9.48. The van der Waals surface area contributed by atoms with Crippen molar-refractivity contribution >= 4 is 11.3 Å². The van der Waals surface area contributed by atoms with Crippen LogP contribution in [0, 0.1) is 6.92 Å². The second-order valence-corrected chi connectivity index (χ2v) is 5.62. The van der Waals surface area contributed by atoms with Crippen LogP contribution in [0.5, 0.6) is 0 Å². The molecule has 0 saturated heterocycles. The minimum absolute atomic E-state index is 0.557. The summed E-state index contributed by atoms with van der Waals surface area (Å²) in [6, 6.07) is 4.29. The predicted octanol–water partition coefficient (Wildman–Crippen LogP) is 2.31. The van der Waals surface area contributed by atoms with Crippen LogP contribution in [0.4, 0.5) is 0 Å². The molecule has 0 spiro atoms. The van der Waals surface area contributed by atoms with Crippen molar-refractivity contribution in [3.63, 3.8) is 0 Å². The van der Waals surface area contributed by atoms with E-state index in [4.69, 9.17) is 0 Å². The molecule has 0 saturated carbocycles. The fraction of sp³-hybridized carbons (Fsp3) is 0.636. The fourth-order valence-corrected chi connectivity index (χ4v) is 2.05. The molecule has 0 aliphatic rings. The topological polar surface area (TPSA) is 32.3 Å². The molecule has 14 heavy (non-hydrogen) atoms. The van der Waals surface area contributed by atoms with Crippen molar-refractivity contribution in [2.45, 2.75) is 39.3 Å². The van der Waals surface area contributed by atoms with Gasteiger partial charge in [-0.05, 0) is 45.9 Å². The Bertz CT molecular complexity index is 275. The zero-order valence-corrected chi connectivity index (χ0v) is 9.95. The largest absolute Gasteiger partial charge is 0.390 e. The van der Waals surface area contributed by atoms with Crippen molar-refractivity contribution in [2.24, 2.45) is 0 Å². The van der Waals surface area contributed by atoms with Crippen LogP contribution in [-0.4, -0.2) is 17.3 Å². The molecule has 1 rings (SSSR count). The lowest BCUT2D eigenvalue weighted by Crippen LogP contribution is -2.26. The molecule has 0 aliphatic carbocycles. The number of hydrogen-bond donors (Lipinski definition) is 2. The number of aliphatic hydroxyl groups is 1. The van der Waals surface area contributed by atoms with Gasteiger partial charge < -0.3 is 10.4 Å². The minimum Gasteiger partial charge on any atom is -0.390 e. The monoisotopic (exact) mass is 213 g/mol. The van der Waals surface area contributed by atoms with Gasteiger partial charge in [-0.3, -0.25) is 0 Å². The lowest BCUT2D eigenvalue weighted by Gasteiger charge is -2.16. The second-order valence-electron chi connectivity index (χ2n) is 4.25. The van der Waals surface area contributed by atoms with E-state index in [1.807, 2.05) is 25.2 Å². The van der Waals surface area contributed by atoms with Gasteiger partial charge in [-0.25, -0.2) is 0 Å². The summed E-state index contributed by atoms with van der Waals surface area (Å²) in [5.74, 6) is 0. The highest BCUT2D eigenvalue weighted by Crippen LogP contribution is 2.14.